The molecular formula is C17H16BrNO3. The van der Waals surface area contributed by atoms with Crippen molar-refractivity contribution in [2.45, 2.75) is 25.2 Å². The van der Waals surface area contributed by atoms with Crippen LogP contribution in [-0.2, 0) is 10.2 Å². The summed E-state index contributed by atoms with van der Waals surface area (Å²) in [4.78, 5) is 16.6. The number of methoxy groups -OCH3 is 1. The van der Waals surface area contributed by atoms with Crippen molar-refractivity contribution < 1.29 is 14.3 Å². The van der Waals surface area contributed by atoms with Crippen LogP contribution in [0.1, 0.15) is 35.7 Å². The molecule has 2 saturated carbocycles. The molecule has 2 aliphatic rings. The fraction of sp³-hybridized carbons (Fsp3) is 0.412. The summed E-state index contributed by atoms with van der Waals surface area (Å²) < 4.78 is 11.4. The van der Waals surface area contributed by atoms with Crippen molar-refractivity contribution in [1.29, 1.82) is 0 Å². The fourth-order valence-corrected chi connectivity index (χ4v) is 4.07. The van der Waals surface area contributed by atoms with Crippen LogP contribution >= 0.6 is 15.9 Å². The molecule has 4 rings (SSSR count). The van der Waals surface area contributed by atoms with Gasteiger partial charge < -0.3 is 9.47 Å². The average molecular weight is 362 g/mol. The Hall–Kier alpha value is -1.62. The Morgan fingerprint density at radius 2 is 2.18 bits per heavy atom. The number of carbonyl (C=O) groups excluding carboxylic acids is 1. The second kappa shape index (κ2) is 4.69. The van der Waals surface area contributed by atoms with Gasteiger partial charge in [-0.1, -0.05) is 12.1 Å². The normalized spacial score (nSPS) is 24.8. The highest BCUT2D eigenvalue weighted by molar-refractivity contribution is 9.10. The number of pyridine rings is 1. The first kappa shape index (κ1) is 14.0. The first-order chi connectivity index (χ1) is 10.6. The Kier molecular flexibility index (Phi) is 2.98. The molecular weight excluding hydrogens is 346 g/mol. The summed E-state index contributed by atoms with van der Waals surface area (Å²) in [6, 6.07) is 5.98. The number of hydrogen-bond acceptors (Lipinski definition) is 4. The third-order valence-corrected chi connectivity index (χ3v) is 5.60. The highest BCUT2D eigenvalue weighted by Gasteiger charge is 2.70. The Labute approximate surface area is 136 Å². The summed E-state index contributed by atoms with van der Waals surface area (Å²) in [5.41, 5.74) is 2.95. The van der Waals surface area contributed by atoms with Crippen molar-refractivity contribution in [1.82, 2.24) is 4.98 Å². The van der Waals surface area contributed by atoms with Crippen molar-refractivity contribution in [3.05, 3.63) is 33.8 Å². The molecule has 4 nitrogen and oxygen atoms in total. The van der Waals surface area contributed by atoms with E-state index in [4.69, 9.17) is 9.47 Å². The van der Waals surface area contributed by atoms with Crippen LogP contribution in [0.5, 0.6) is 5.88 Å². The molecule has 0 atom stereocenters. The second-order valence-corrected chi connectivity index (χ2v) is 6.82. The van der Waals surface area contributed by atoms with E-state index in [9.17, 15) is 4.79 Å². The summed E-state index contributed by atoms with van der Waals surface area (Å²) >= 11 is 3.71. The van der Waals surface area contributed by atoms with Gasteiger partial charge in [-0.25, -0.2) is 9.78 Å². The molecule has 1 aromatic carbocycles. The molecule has 114 valence electrons. The van der Waals surface area contributed by atoms with Gasteiger partial charge in [-0.15, -0.1) is 0 Å². The van der Waals surface area contributed by atoms with Gasteiger partial charge in [-0.3, -0.25) is 0 Å². The molecule has 2 aromatic rings. The lowest BCUT2D eigenvalue weighted by atomic mass is 10.0. The molecule has 0 radical (unpaired) electrons. The minimum absolute atomic E-state index is 0.310. The first-order valence-electron chi connectivity index (χ1n) is 7.45. The molecule has 0 spiro atoms. The van der Waals surface area contributed by atoms with Crippen molar-refractivity contribution in [2.24, 2.45) is 5.92 Å². The van der Waals surface area contributed by atoms with Gasteiger partial charge in [0.05, 0.1) is 19.2 Å². The van der Waals surface area contributed by atoms with E-state index in [0.717, 1.165) is 21.3 Å². The average Bonchev–Trinajstić information content (AvgIpc) is 3.37. The van der Waals surface area contributed by atoms with E-state index < -0.39 is 5.97 Å². The largest absolute Gasteiger partial charge is 0.480 e. The van der Waals surface area contributed by atoms with E-state index in [1.54, 1.807) is 13.0 Å². The van der Waals surface area contributed by atoms with E-state index in [1.165, 1.54) is 25.5 Å². The highest BCUT2D eigenvalue weighted by atomic mass is 79.9. The molecule has 0 saturated heterocycles. The molecule has 5 heteroatoms. The lowest BCUT2D eigenvalue weighted by molar-refractivity contribution is 0.0522. The number of carbonyl (C=O) groups is 1. The van der Waals surface area contributed by atoms with Crippen LogP contribution in [0.4, 0.5) is 0 Å². The smallest absolute Gasteiger partial charge is 0.343 e. The third kappa shape index (κ3) is 1.88. The van der Waals surface area contributed by atoms with Crippen molar-refractivity contribution >= 4 is 32.8 Å². The Morgan fingerprint density at radius 1 is 1.45 bits per heavy atom. The van der Waals surface area contributed by atoms with Crippen LogP contribution in [0.3, 0.4) is 0 Å². The van der Waals surface area contributed by atoms with Crippen LogP contribution in [0.2, 0.25) is 0 Å². The summed E-state index contributed by atoms with van der Waals surface area (Å²) in [5, 5.41) is 0.911. The SMILES string of the molecule is CCOC(=O)c1cc2ccc(C34CC3C4)c(Br)c2nc1OC. The maximum atomic E-state index is 12.0. The maximum absolute atomic E-state index is 12.0. The summed E-state index contributed by atoms with van der Waals surface area (Å²) in [6.45, 7) is 2.11. The number of rotatable bonds is 4. The lowest BCUT2D eigenvalue weighted by Gasteiger charge is -2.13. The van der Waals surface area contributed by atoms with Gasteiger partial charge in [0, 0.05) is 9.86 Å². The van der Waals surface area contributed by atoms with E-state index >= 15 is 0 Å². The molecule has 1 aromatic heterocycles. The summed E-state index contributed by atoms with van der Waals surface area (Å²) in [6.07, 6.45) is 2.57. The quantitative estimate of drug-likeness (QED) is 0.776. The van der Waals surface area contributed by atoms with Gasteiger partial charge in [-0.2, -0.15) is 0 Å². The number of benzene rings is 1. The topological polar surface area (TPSA) is 48.4 Å². The zero-order valence-corrected chi connectivity index (χ0v) is 14.1. The molecule has 0 bridgehead atoms. The molecule has 0 unspecified atom stereocenters. The Bertz CT molecular complexity index is 796. The predicted molar refractivity (Wildman–Crippen MR) is 86.4 cm³/mol. The zero-order chi connectivity index (χ0) is 15.5. The van der Waals surface area contributed by atoms with E-state index in [2.05, 4.69) is 27.0 Å². The number of ether oxygens (including phenoxy) is 2. The minimum Gasteiger partial charge on any atom is -0.480 e. The van der Waals surface area contributed by atoms with Crippen LogP contribution in [0, 0.1) is 5.92 Å². The molecule has 2 aliphatic carbocycles. The van der Waals surface area contributed by atoms with Crippen molar-refractivity contribution in [2.75, 3.05) is 13.7 Å². The number of halogens is 1. The molecule has 2 fully saturated rings. The van der Waals surface area contributed by atoms with E-state index in [-0.39, 0.29) is 0 Å². The van der Waals surface area contributed by atoms with Crippen LogP contribution < -0.4 is 4.74 Å². The standard InChI is InChI=1S/C17H16BrNO3/c1-3-22-16(20)11-6-9-4-5-12(17-7-10(17)8-17)13(18)14(9)19-15(11)21-2/h4-6,10H,3,7-8H2,1-2H3. The van der Waals surface area contributed by atoms with Crippen LogP contribution in [0.25, 0.3) is 10.9 Å². The Balaban J connectivity index is 1.86. The third-order valence-electron chi connectivity index (χ3n) is 4.80. The molecule has 0 amide bonds. The van der Waals surface area contributed by atoms with Crippen LogP contribution in [-0.4, -0.2) is 24.7 Å². The predicted octanol–water partition coefficient (Wildman–Crippen LogP) is 3.84. The monoisotopic (exact) mass is 361 g/mol. The van der Waals surface area contributed by atoms with Crippen molar-refractivity contribution in [3.8, 4) is 5.88 Å². The minimum atomic E-state index is -0.406. The van der Waals surface area contributed by atoms with Gasteiger partial charge in [-0.05, 0) is 58.7 Å². The van der Waals surface area contributed by atoms with Gasteiger partial charge in [0.2, 0.25) is 5.88 Å². The van der Waals surface area contributed by atoms with Gasteiger partial charge in [0.1, 0.15) is 5.56 Å². The van der Waals surface area contributed by atoms with E-state index in [0.29, 0.717) is 23.5 Å². The second-order valence-electron chi connectivity index (χ2n) is 6.03. The molecule has 0 N–H and O–H groups in total. The zero-order valence-electron chi connectivity index (χ0n) is 12.5. The Morgan fingerprint density at radius 3 is 2.77 bits per heavy atom. The van der Waals surface area contributed by atoms with E-state index in [1.807, 2.05) is 6.07 Å². The number of fused-ring (bicyclic) bond motifs is 2. The van der Waals surface area contributed by atoms with Gasteiger partial charge in [0.25, 0.3) is 0 Å². The first-order valence-corrected chi connectivity index (χ1v) is 8.25. The molecule has 0 aliphatic heterocycles. The maximum Gasteiger partial charge on any atom is 0.343 e. The fourth-order valence-electron chi connectivity index (χ4n) is 3.23. The van der Waals surface area contributed by atoms with Gasteiger partial charge >= 0.3 is 5.97 Å². The lowest BCUT2D eigenvalue weighted by Crippen LogP contribution is -2.08. The number of aromatic nitrogens is 1. The van der Waals surface area contributed by atoms with Gasteiger partial charge in [0.15, 0.2) is 0 Å². The van der Waals surface area contributed by atoms with Crippen molar-refractivity contribution in [3.63, 3.8) is 0 Å². The van der Waals surface area contributed by atoms with Crippen LogP contribution in [0.15, 0.2) is 22.7 Å². The highest BCUT2D eigenvalue weighted by Crippen LogP contribution is 2.76. The molecule has 22 heavy (non-hydrogen) atoms. The number of hydrogen-bond donors (Lipinski definition) is 0. The molecule has 1 heterocycles. The summed E-state index contributed by atoms with van der Waals surface area (Å²) in [7, 11) is 1.52. The number of nitrogens with zero attached hydrogens (tertiary/aromatic N) is 1. The number of esters is 1. The summed E-state index contributed by atoms with van der Waals surface area (Å²) in [5.74, 6) is 0.767.